The number of aryl methyl sites for hydroxylation is 2. The van der Waals surface area contributed by atoms with Crippen LogP contribution in [0.5, 0.6) is 0 Å². The number of benzene rings is 2. The number of hydrogen-bond donors (Lipinski definition) is 0. The summed E-state index contributed by atoms with van der Waals surface area (Å²) in [6, 6.07) is 16.2. The van der Waals surface area contributed by atoms with Crippen molar-refractivity contribution in [2.45, 2.75) is 39.2 Å². The zero-order valence-electron chi connectivity index (χ0n) is 15.0. The van der Waals surface area contributed by atoms with Crippen LogP contribution in [0.1, 0.15) is 30.4 Å². The normalized spacial score (nSPS) is 15.9. The zero-order valence-corrected chi connectivity index (χ0v) is 15.0. The number of nitrogens with zero attached hydrogens (tertiary/aromatic N) is 3. The van der Waals surface area contributed by atoms with E-state index in [-0.39, 0.29) is 11.9 Å². The Kier molecular flexibility index (Phi) is 4.29. The summed E-state index contributed by atoms with van der Waals surface area (Å²) in [5.41, 5.74) is 4.32. The molecule has 1 aliphatic heterocycles. The predicted molar refractivity (Wildman–Crippen MR) is 99.9 cm³/mol. The molecule has 1 aliphatic rings. The highest BCUT2D eigenvalue weighted by atomic mass is 16.4. The number of amides is 1. The molecular weight excluding hydrogens is 326 g/mol. The van der Waals surface area contributed by atoms with Crippen molar-refractivity contribution in [2.75, 3.05) is 4.90 Å². The largest absolute Gasteiger partial charge is 0.421 e. The third-order valence-corrected chi connectivity index (χ3v) is 4.79. The molecule has 5 heteroatoms. The summed E-state index contributed by atoms with van der Waals surface area (Å²) >= 11 is 0. The van der Waals surface area contributed by atoms with Gasteiger partial charge in [-0.05, 0) is 44.0 Å². The molecule has 5 nitrogen and oxygen atoms in total. The number of aromatic nitrogens is 2. The molecule has 0 bridgehead atoms. The Morgan fingerprint density at radius 2 is 1.92 bits per heavy atom. The average molecular weight is 347 g/mol. The fourth-order valence-corrected chi connectivity index (χ4v) is 3.45. The Balaban J connectivity index is 1.43. The third-order valence-electron chi connectivity index (χ3n) is 4.79. The molecule has 0 fully saturated rings. The summed E-state index contributed by atoms with van der Waals surface area (Å²) in [5, 5.41) is 8.19. The van der Waals surface area contributed by atoms with Gasteiger partial charge in [-0.3, -0.25) is 4.79 Å². The van der Waals surface area contributed by atoms with Crippen LogP contribution in [0.4, 0.5) is 5.69 Å². The Morgan fingerprint density at radius 1 is 1.15 bits per heavy atom. The first-order chi connectivity index (χ1) is 12.6. The first-order valence-corrected chi connectivity index (χ1v) is 8.91. The molecule has 0 saturated carbocycles. The van der Waals surface area contributed by atoms with Gasteiger partial charge >= 0.3 is 0 Å². The van der Waals surface area contributed by atoms with Crippen LogP contribution < -0.4 is 4.90 Å². The lowest BCUT2D eigenvalue weighted by Crippen LogP contribution is -2.35. The molecule has 132 valence electrons. The van der Waals surface area contributed by atoms with E-state index in [2.05, 4.69) is 23.2 Å². The van der Waals surface area contributed by atoms with E-state index < -0.39 is 0 Å². The summed E-state index contributed by atoms with van der Waals surface area (Å²) in [5.74, 6) is 1.08. The second-order valence-corrected chi connectivity index (χ2v) is 6.81. The monoisotopic (exact) mass is 347 g/mol. The van der Waals surface area contributed by atoms with Crippen molar-refractivity contribution in [3.8, 4) is 11.5 Å². The number of para-hydroxylation sites is 1. The Morgan fingerprint density at radius 3 is 2.73 bits per heavy atom. The molecule has 0 radical (unpaired) electrons. The van der Waals surface area contributed by atoms with E-state index >= 15 is 0 Å². The maximum absolute atomic E-state index is 12.7. The highest BCUT2D eigenvalue weighted by Gasteiger charge is 2.30. The van der Waals surface area contributed by atoms with Gasteiger partial charge < -0.3 is 9.32 Å². The smallest absolute Gasteiger partial charge is 0.247 e. The Labute approximate surface area is 152 Å². The predicted octanol–water partition coefficient (Wildman–Crippen LogP) is 3.96. The molecule has 1 atom stereocenters. The lowest BCUT2D eigenvalue weighted by molar-refractivity contribution is -0.118. The molecule has 0 saturated heterocycles. The van der Waals surface area contributed by atoms with Gasteiger partial charge in [-0.2, -0.15) is 0 Å². The van der Waals surface area contributed by atoms with Crippen molar-refractivity contribution < 1.29 is 9.21 Å². The lowest BCUT2D eigenvalue weighted by Gasteiger charge is -2.22. The summed E-state index contributed by atoms with van der Waals surface area (Å²) in [7, 11) is 0. The van der Waals surface area contributed by atoms with Gasteiger partial charge in [0, 0.05) is 30.1 Å². The molecule has 2 aromatic carbocycles. The van der Waals surface area contributed by atoms with Crippen molar-refractivity contribution in [1.29, 1.82) is 0 Å². The van der Waals surface area contributed by atoms with Gasteiger partial charge in [-0.25, -0.2) is 0 Å². The van der Waals surface area contributed by atoms with Gasteiger partial charge in [0.15, 0.2) is 0 Å². The number of anilines is 1. The molecule has 0 aliphatic carbocycles. The van der Waals surface area contributed by atoms with E-state index in [1.165, 1.54) is 11.1 Å². The second kappa shape index (κ2) is 6.75. The zero-order chi connectivity index (χ0) is 18.1. The van der Waals surface area contributed by atoms with Crippen LogP contribution in [0, 0.1) is 6.92 Å². The van der Waals surface area contributed by atoms with Crippen molar-refractivity contribution >= 4 is 11.6 Å². The first kappa shape index (κ1) is 16.5. The number of fused-ring (bicyclic) bond motifs is 1. The van der Waals surface area contributed by atoms with Crippen LogP contribution in [0.3, 0.4) is 0 Å². The second-order valence-electron chi connectivity index (χ2n) is 6.81. The van der Waals surface area contributed by atoms with Crippen LogP contribution >= 0.6 is 0 Å². The minimum absolute atomic E-state index is 0.0949. The molecule has 2 heterocycles. The molecule has 4 rings (SSSR count). The molecule has 1 aromatic heterocycles. The van der Waals surface area contributed by atoms with Crippen LogP contribution in [0.25, 0.3) is 11.5 Å². The Bertz CT molecular complexity index is 930. The van der Waals surface area contributed by atoms with Crippen LogP contribution in [-0.4, -0.2) is 22.1 Å². The van der Waals surface area contributed by atoms with Gasteiger partial charge in [-0.1, -0.05) is 35.9 Å². The van der Waals surface area contributed by atoms with E-state index in [9.17, 15) is 4.79 Å². The van der Waals surface area contributed by atoms with E-state index in [4.69, 9.17) is 4.42 Å². The average Bonchev–Trinajstić information content (AvgIpc) is 3.24. The highest BCUT2D eigenvalue weighted by Crippen LogP contribution is 2.32. The van der Waals surface area contributed by atoms with Gasteiger partial charge in [0.2, 0.25) is 17.7 Å². The van der Waals surface area contributed by atoms with Crippen LogP contribution in [-0.2, 0) is 17.6 Å². The van der Waals surface area contributed by atoms with Crippen molar-refractivity contribution in [2.24, 2.45) is 0 Å². The molecular formula is C21H21N3O2. The van der Waals surface area contributed by atoms with E-state index in [1.807, 2.05) is 54.3 Å². The topological polar surface area (TPSA) is 59.2 Å². The molecule has 3 aromatic rings. The number of carbonyl (C=O) groups is 1. The number of hydrogen-bond acceptors (Lipinski definition) is 4. The van der Waals surface area contributed by atoms with E-state index in [1.54, 1.807) is 0 Å². The van der Waals surface area contributed by atoms with Gasteiger partial charge in [-0.15, -0.1) is 10.2 Å². The molecule has 26 heavy (non-hydrogen) atoms. The lowest BCUT2D eigenvalue weighted by atomic mass is 10.1. The summed E-state index contributed by atoms with van der Waals surface area (Å²) in [6.45, 7) is 4.12. The maximum Gasteiger partial charge on any atom is 0.247 e. The van der Waals surface area contributed by atoms with Gasteiger partial charge in [0.05, 0.1) is 0 Å². The highest BCUT2D eigenvalue weighted by molar-refractivity contribution is 5.96. The summed E-state index contributed by atoms with van der Waals surface area (Å²) in [4.78, 5) is 14.6. The van der Waals surface area contributed by atoms with Crippen LogP contribution in [0.2, 0.25) is 0 Å². The van der Waals surface area contributed by atoms with Crippen molar-refractivity contribution in [3.05, 3.63) is 65.5 Å². The van der Waals surface area contributed by atoms with Crippen LogP contribution in [0.15, 0.2) is 52.9 Å². The van der Waals surface area contributed by atoms with Gasteiger partial charge in [0.1, 0.15) is 0 Å². The molecule has 0 unspecified atom stereocenters. The van der Waals surface area contributed by atoms with E-state index in [0.717, 1.165) is 17.7 Å². The SMILES string of the molecule is Cc1ccc(-c2nnc(CCC(=O)N3c4ccccc4C[C@@H]3C)o2)cc1. The molecule has 0 N–H and O–H groups in total. The fourth-order valence-electron chi connectivity index (χ4n) is 3.45. The molecule has 1 amide bonds. The quantitative estimate of drug-likeness (QED) is 0.717. The number of carbonyl (C=O) groups excluding carboxylic acids is 1. The molecule has 0 spiro atoms. The minimum Gasteiger partial charge on any atom is -0.421 e. The Hall–Kier alpha value is -2.95. The fraction of sp³-hybridized carbons (Fsp3) is 0.286. The van der Waals surface area contributed by atoms with Gasteiger partial charge in [0.25, 0.3) is 0 Å². The maximum atomic E-state index is 12.7. The first-order valence-electron chi connectivity index (χ1n) is 8.91. The van der Waals surface area contributed by atoms with Crippen molar-refractivity contribution in [3.63, 3.8) is 0 Å². The van der Waals surface area contributed by atoms with Crippen molar-refractivity contribution in [1.82, 2.24) is 10.2 Å². The third kappa shape index (κ3) is 3.12. The standard InChI is InChI=1S/C21H21N3O2/c1-14-7-9-16(10-8-14)21-23-22-19(26-21)11-12-20(25)24-15(2)13-17-5-3-4-6-18(17)24/h3-10,15H,11-13H2,1-2H3/t15-/m0/s1. The minimum atomic E-state index is 0.0949. The summed E-state index contributed by atoms with van der Waals surface area (Å²) < 4.78 is 5.73. The summed E-state index contributed by atoms with van der Waals surface area (Å²) in [6.07, 6.45) is 1.71. The van der Waals surface area contributed by atoms with E-state index in [0.29, 0.717) is 24.6 Å². The number of rotatable bonds is 4.